The topological polar surface area (TPSA) is 357 Å². The molecule has 8 atom stereocenters. The molecule has 0 saturated carbocycles. The third-order valence-electron chi connectivity index (χ3n) is 14.4. The smallest absolute Gasteiger partial charge is 0.407 e. The van der Waals surface area contributed by atoms with Crippen molar-refractivity contribution in [3.63, 3.8) is 0 Å². The number of para-hydroxylation sites is 2. The first-order valence-corrected chi connectivity index (χ1v) is 31.2. The van der Waals surface area contributed by atoms with Gasteiger partial charge in [0.2, 0.25) is 41.4 Å². The van der Waals surface area contributed by atoms with Crippen molar-refractivity contribution in [3.8, 4) is 5.75 Å². The molecule has 4 aromatic carbocycles. The van der Waals surface area contributed by atoms with E-state index in [2.05, 4.69) is 52.5 Å². The summed E-state index contributed by atoms with van der Waals surface area (Å²) in [7, 11) is 2.04. The van der Waals surface area contributed by atoms with E-state index >= 15 is 9.59 Å². The number of phenols is 1. The number of nitrogens with two attached hydrogens (primary N) is 1. The predicted octanol–water partition coefficient (Wildman–Crippen LogP) is 4.18. The Balaban J connectivity index is 1.25. The number of carboxylic acid groups (broad SMARTS) is 1. The molecule has 0 aliphatic carbocycles. The third kappa shape index (κ3) is 19.7. The number of hydrogen-bond acceptors (Lipinski definition) is 14. The van der Waals surface area contributed by atoms with Crippen LogP contribution in [-0.4, -0.2) is 146 Å². The van der Waals surface area contributed by atoms with E-state index in [0.29, 0.717) is 23.1 Å². The van der Waals surface area contributed by atoms with Crippen LogP contribution in [0.4, 0.5) is 4.79 Å². The van der Waals surface area contributed by atoms with Gasteiger partial charge in [0.15, 0.2) is 0 Å². The summed E-state index contributed by atoms with van der Waals surface area (Å²) in [6, 6.07) is 18.4. The van der Waals surface area contributed by atoms with Crippen molar-refractivity contribution >= 4 is 96.8 Å². The van der Waals surface area contributed by atoms with E-state index in [1.807, 2.05) is 48.5 Å². The van der Waals surface area contributed by atoms with Crippen molar-refractivity contribution in [1.29, 1.82) is 0 Å². The molecule has 0 radical (unpaired) electrons. The van der Waals surface area contributed by atoms with E-state index in [4.69, 9.17) is 10.5 Å². The Morgan fingerprint density at radius 1 is 0.655 bits per heavy atom. The van der Waals surface area contributed by atoms with Crippen LogP contribution in [0.25, 0.3) is 21.8 Å². The number of H-pyrrole nitrogens is 2. The number of aliphatic carboxylic acids is 1. The number of carbonyl (C=O) groups is 9. The van der Waals surface area contributed by atoms with Gasteiger partial charge < -0.3 is 73.2 Å². The standard InChI is InChI=1S/C62H77N11O12S2/c1-35(2)52-59(81)72-51(58(80)70-49(60(82)83)30-39-32-66-45-20-12-10-18-42(39)45)34-87-86-33-50(71-53(75)43(63)27-36-15-7-6-8-16-36)57(79)68-47(28-37-22-24-40(74)25-23-37)55(77)69-48(29-38-31-65-44-19-11-9-17-41(38)44)56(78)67-46(54(76)73-52)21-13-14-26-64-61(84)85-62(3,4)5/h6-12,15-20,22-25,31-32,35,43,46-52,65-66,74H,13-14,21,26-30,33-34,63H2,1-5H3,(H,64,84)(H,67,78)(H,68,79)(H,69,77)(H,70,80)(H,71,75)(H,72,81)(H,73,76)(H,82,83)/t43-,46+,47+,48-,49+,50+,51+,52+/m1/s1. The number of aromatic nitrogens is 2. The molecular weight excluding hydrogens is 1150 g/mol. The van der Waals surface area contributed by atoms with Gasteiger partial charge in [0.25, 0.3) is 0 Å². The number of ether oxygens (including phenoxy) is 1. The molecule has 14 N–H and O–H groups in total. The van der Waals surface area contributed by atoms with Gasteiger partial charge in [-0.15, -0.1) is 0 Å². The van der Waals surface area contributed by atoms with Crippen LogP contribution in [-0.2, 0) is 68.8 Å². The largest absolute Gasteiger partial charge is 0.508 e. The SMILES string of the molecule is CC(C)[C@@H]1NC(=O)[C@H](CCCCNC(=O)OC(C)(C)C)NC(=O)[C@@H](Cc2c[nH]c3ccccc23)NC(=O)[C@H](Cc2ccc(O)cc2)NC(=O)[C@@H](NC(=O)[C@H](N)Cc2ccccc2)CSSC[C@@H](C(=O)N[C@@H](Cc2c[nH]c3ccccc23)C(=O)O)NC1=O. The fourth-order valence-corrected chi connectivity index (χ4v) is 12.1. The summed E-state index contributed by atoms with van der Waals surface area (Å²) < 4.78 is 5.37. The summed E-state index contributed by atoms with van der Waals surface area (Å²) in [6.07, 6.45) is 2.85. The van der Waals surface area contributed by atoms with Gasteiger partial charge in [-0.05, 0) is 98.9 Å². The first kappa shape index (κ1) is 66.0. The summed E-state index contributed by atoms with van der Waals surface area (Å²) in [5.74, 6) is -8.21. The average molecular weight is 1230 g/mol. The Bertz CT molecular complexity index is 3370. The lowest BCUT2D eigenvalue weighted by Gasteiger charge is -2.29. The maximum Gasteiger partial charge on any atom is 0.407 e. The molecule has 1 saturated heterocycles. The van der Waals surface area contributed by atoms with Crippen molar-refractivity contribution < 1.29 is 58.1 Å². The van der Waals surface area contributed by atoms with Gasteiger partial charge in [-0.1, -0.05) is 114 Å². The summed E-state index contributed by atoms with van der Waals surface area (Å²) in [6.45, 7) is 8.62. The molecular formula is C62H77N11O12S2. The van der Waals surface area contributed by atoms with E-state index in [9.17, 15) is 43.8 Å². The minimum Gasteiger partial charge on any atom is -0.508 e. The molecule has 1 aliphatic heterocycles. The highest BCUT2D eigenvalue weighted by molar-refractivity contribution is 8.76. The number of amides is 8. The normalized spacial score (nSPS) is 20.2. The van der Waals surface area contributed by atoms with Crippen LogP contribution in [0.3, 0.4) is 0 Å². The molecule has 0 bridgehead atoms. The summed E-state index contributed by atoms with van der Waals surface area (Å²) in [4.78, 5) is 135. The fourth-order valence-electron chi connectivity index (χ4n) is 9.75. The lowest BCUT2D eigenvalue weighted by molar-refractivity contribution is -0.142. The van der Waals surface area contributed by atoms with Gasteiger partial charge in [0.05, 0.1) is 6.04 Å². The van der Waals surface area contributed by atoms with E-state index in [1.54, 1.807) is 89.5 Å². The molecule has 25 heteroatoms. The Morgan fingerprint density at radius 3 is 1.87 bits per heavy atom. The van der Waals surface area contributed by atoms with Gasteiger partial charge in [-0.25, -0.2) is 9.59 Å². The third-order valence-corrected chi connectivity index (χ3v) is 16.8. The highest BCUT2D eigenvalue weighted by atomic mass is 33.1. The zero-order valence-electron chi connectivity index (χ0n) is 49.1. The maximum absolute atomic E-state index is 15.1. The second kappa shape index (κ2) is 31.2. The second-order valence-electron chi connectivity index (χ2n) is 22.7. The van der Waals surface area contributed by atoms with Crippen molar-refractivity contribution in [2.75, 3.05) is 18.1 Å². The molecule has 23 nitrogen and oxygen atoms in total. The number of carboxylic acids is 1. The lowest BCUT2D eigenvalue weighted by atomic mass is 10.00. The Morgan fingerprint density at radius 2 is 1.23 bits per heavy atom. The van der Waals surface area contributed by atoms with Gasteiger partial charge in [-0.3, -0.25) is 33.6 Å². The highest BCUT2D eigenvalue weighted by Crippen LogP contribution is 2.26. The second-order valence-corrected chi connectivity index (χ2v) is 25.3. The van der Waals surface area contributed by atoms with Crippen molar-refractivity contribution in [2.45, 2.75) is 134 Å². The molecule has 7 rings (SSSR count). The molecule has 0 unspecified atom stereocenters. The van der Waals surface area contributed by atoms with Crippen LogP contribution in [0.2, 0.25) is 0 Å². The molecule has 0 spiro atoms. The predicted molar refractivity (Wildman–Crippen MR) is 333 cm³/mol. The van der Waals surface area contributed by atoms with Crippen molar-refractivity contribution in [3.05, 3.63) is 138 Å². The molecule has 1 aliphatic rings. The zero-order valence-corrected chi connectivity index (χ0v) is 50.7. The average Bonchev–Trinajstić information content (AvgIpc) is 4.05. The molecule has 464 valence electrons. The Labute approximate surface area is 511 Å². The van der Waals surface area contributed by atoms with Crippen LogP contribution < -0.4 is 48.3 Å². The quantitative estimate of drug-likeness (QED) is 0.0400. The number of benzene rings is 4. The minimum absolute atomic E-state index is 0.0404. The van der Waals surface area contributed by atoms with E-state index < -0.39 is 113 Å². The first-order chi connectivity index (χ1) is 41.5. The summed E-state index contributed by atoms with van der Waals surface area (Å²) in [5.41, 5.74) is 9.63. The molecule has 6 aromatic rings. The van der Waals surface area contributed by atoms with Crippen molar-refractivity contribution in [2.24, 2.45) is 11.7 Å². The number of carbonyl (C=O) groups excluding carboxylic acids is 8. The number of unbranched alkanes of at least 4 members (excludes halogenated alkanes) is 1. The summed E-state index contributed by atoms with van der Waals surface area (Å²) in [5, 5.41) is 44.2. The molecule has 2 aromatic heterocycles. The van der Waals surface area contributed by atoms with Crippen LogP contribution >= 0.6 is 21.6 Å². The maximum atomic E-state index is 15.1. The van der Waals surface area contributed by atoms with Crippen LogP contribution in [0.5, 0.6) is 5.75 Å². The number of alkyl carbamates (subject to hydrolysis) is 1. The minimum atomic E-state index is -1.48. The zero-order chi connectivity index (χ0) is 62.8. The molecule has 87 heavy (non-hydrogen) atoms. The van der Waals surface area contributed by atoms with Gasteiger partial charge in [-0.2, -0.15) is 0 Å². The van der Waals surface area contributed by atoms with Gasteiger partial charge in [0, 0.05) is 71.5 Å². The highest BCUT2D eigenvalue weighted by Gasteiger charge is 2.37. The first-order valence-electron chi connectivity index (χ1n) is 28.8. The van der Waals surface area contributed by atoms with Crippen molar-refractivity contribution in [1.82, 2.24) is 52.5 Å². The number of aromatic hydroxyl groups is 1. The van der Waals surface area contributed by atoms with E-state index in [1.165, 1.54) is 12.1 Å². The lowest BCUT2D eigenvalue weighted by Crippen LogP contribution is -2.61. The van der Waals surface area contributed by atoms with Gasteiger partial charge in [0.1, 0.15) is 53.6 Å². The number of phenolic OH excluding ortho intramolecular Hbond substituents is 1. The number of nitrogens with one attached hydrogen (secondary N) is 10. The Kier molecular flexibility index (Phi) is 23.7. The van der Waals surface area contributed by atoms with Crippen LogP contribution in [0, 0.1) is 5.92 Å². The fraction of sp³-hybridized carbons (Fsp3) is 0.403. The van der Waals surface area contributed by atoms with E-state index in [-0.39, 0.29) is 62.3 Å². The van der Waals surface area contributed by atoms with Crippen LogP contribution in [0.1, 0.15) is 76.1 Å². The van der Waals surface area contributed by atoms with Gasteiger partial charge >= 0.3 is 12.1 Å². The summed E-state index contributed by atoms with van der Waals surface area (Å²) >= 11 is 0. The Hall–Kier alpha value is -8.55. The number of fused-ring (bicyclic) bond motifs is 2. The monoisotopic (exact) mass is 1230 g/mol. The molecule has 3 heterocycles. The number of rotatable bonds is 19. The number of hydrogen-bond donors (Lipinski definition) is 13. The van der Waals surface area contributed by atoms with E-state index in [0.717, 1.165) is 49.0 Å². The molecule has 8 amide bonds. The molecule has 1 fully saturated rings. The van der Waals surface area contributed by atoms with Crippen LogP contribution in [0.15, 0.2) is 116 Å². The number of aromatic amines is 2.